The summed E-state index contributed by atoms with van der Waals surface area (Å²) in [5, 5.41) is 6.89. The molecule has 0 atom stereocenters. The van der Waals surface area contributed by atoms with E-state index in [0.717, 1.165) is 43.4 Å². The molecular weight excluding hydrogens is 278 g/mol. The minimum Gasteiger partial charge on any atom is -0.334 e. The van der Waals surface area contributed by atoms with Gasteiger partial charge in [-0.3, -0.25) is 4.79 Å². The van der Waals surface area contributed by atoms with E-state index in [1.807, 2.05) is 31.2 Å². The Hall–Kier alpha value is -2.17. The van der Waals surface area contributed by atoms with Crippen molar-refractivity contribution >= 4 is 11.6 Å². The van der Waals surface area contributed by atoms with Crippen molar-refractivity contribution < 1.29 is 9.32 Å². The molecule has 1 N–H and O–H groups in total. The van der Waals surface area contributed by atoms with E-state index in [2.05, 4.69) is 15.5 Å². The van der Waals surface area contributed by atoms with Gasteiger partial charge in [-0.2, -0.15) is 4.98 Å². The molecule has 116 valence electrons. The summed E-state index contributed by atoms with van der Waals surface area (Å²) in [5.74, 6) is 1.52. The molecule has 0 aliphatic heterocycles. The van der Waals surface area contributed by atoms with Gasteiger partial charge in [0, 0.05) is 23.6 Å². The fourth-order valence-corrected chi connectivity index (χ4v) is 2.82. The van der Waals surface area contributed by atoms with Crippen LogP contribution < -0.4 is 5.32 Å². The van der Waals surface area contributed by atoms with E-state index < -0.39 is 0 Å². The maximum Gasteiger partial charge on any atom is 0.257 e. The summed E-state index contributed by atoms with van der Waals surface area (Å²) in [6, 6.07) is 7.55. The van der Waals surface area contributed by atoms with Crippen LogP contribution in [0.5, 0.6) is 0 Å². The smallest absolute Gasteiger partial charge is 0.257 e. The van der Waals surface area contributed by atoms with Crippen LogP contribution in [0.15, 0.2) is 28.8 Å². The second kappa shape index (κ2) is 6.73. The molecule has 0 radical (unpaired) electrons. The van der Waals surface area contributed by atoms with Gasteiger partial charge >= 0.3 is 0 Å². The standard InChI is InChI=1S/C17H21N3O2/c1-2-15-19-17(22-20-15)13-8-10-14(11-9-13)18-16(21)12-6-4-3-5-7-12/h8-12H,2-7H2,1H3,(H,18,21). The van der Waals surface area contributed by atoms with E-state index in [1.54, 1.807) is 0 Å². The molecule has 0 bridgehead atoms. The highest BCUT2D eigenvalue weighted by Crippen LogP contribution is 2.25. The van der Waals surface area contributed by atoms with Crippen molar-refractivity contribution in [2.45, 2.75) is 45.4 Å². The van der Waals surface area contributed by atoms with Crippen LogP contribution in [-0.4, -0.2) is 16.0 Å². The first kappa shape index (κ1) is 14.8. The Morgan fingerprint density at radius 1 is 1.23 bits per heavy atom. The van der Waals surface area contributed by atoms with Crippen LogP contribution in [-0.2, 0) is 11.2 Å². The first-order chi connectivity index (χ1) is 10.8. The lowest BCUT2D eigenvalue weighted by Gasteiger charge is -2.20. The number of hydrogen-bond donors (Lipinski definition) is 1. The number of nitrogens with one attached hydrogen (secondary N) is 1. The van der Waals surface area contributed by atoms with Crippen molar-refractivity contribution in [2.75, 3.05) is 5.32 Å². The van der Waals surface area contributed by atoms with Gasteiger partial charge in [-0.15, -0.1) is 0 Å². The third kappa shape index (κ3) is 3.35. The summed E-state index contributed by atoms with van der Waals surface area (Å²) in [5.41, 5.74) is 1.68. The third-order valence-corrected chi connectivity index (χ3v) is 4.16. The van der Waals surface area contributed by atoms with Crippen molar-refractivity contribution in [1.29, 1.82) is 0 Å². The van der Waals surface area contributed by atoms with Gasteiger partial charge in [-0.1, -0.05) is 31.3 Å². The lowest BCUT2D eigenvalue weighted by Crippen LogP contribution is -2.24. The SMILES string of the molecule is CCc1noc(-c2ccc(NC(=O)C3CCCCC3)cc2)n1. The number of rotatable bonds is 4. The molecular formula is C17H21N3O2. The van der Waals surface area contributed by atoms with Crippen LogP contribution in [0.1, 0.15) is 44.9 Å². The van der Waals surface area contributed by atoms with E-state index in [0.29, 0.717) is 11.7 Å². The van der Waals surface area contributed by atoms with Gasteiger partial charge in [0.1, 0.15) is 0 Å². The number of amides is 1. The maximum absolute atomic E-state index is 12.2. The van der Waals surface area contributed by atoms with Gasteiger partial charge in [0.2, 0.25) is 5.91 Å². The summed E-state index contributed by atoms with van der Waals surface area (Å²) in [6.45, 7) is 1.98. The van der Waals surface area contributed by atoms with Gasteiger partial charge in [-0.25, -0.2) is 0 Å². The lowest BCUT2D eigenvalue weighted by atomic mass is 9.88. The molecule has 0 saturated heterocycles. The zero-order valence-electron chi connectivity index (χ0n) is 12.8. The second-order valence-electron chi connectivity index (χ2n) is 5.77. The number of anilines is 1. The highest BCUT2D eigenvalue weighted by molar-refractivity contribution is 5.92. The van der Waals surface area contributed by atoms with Crippen molar-refractivity contribution in [2.24, 2.45) is 5.92 Å². The van der Waals surface area contributed by atoms with Crippen molar-refractivity contribution in [3.8, 4) is 11.5 Å². The predicted octanol–water partition coefficient (Wildman–Crippen LogP) is 3.82. The molecule has 3 rings (SSSR count). The highest BCUT2D eigenvalue weighted by atomic mass is 16.5. The summed E-state index contributed by atoms with van der Waals surface area (Å²) >= 11 is 0. The molecule has 1 aliphatic rings. The molecule has 0 unspecified atom stereocenters. The molecule has 22 heavy (non-hydrogen) atoms. The Bertz CT molecular complexity index is 628. The molecule has 1 heterocycles. The van der Waals surface area contributed by atoms with Gasteiger partial charge in [0.25, 0.3) is 5.89 Å². The molecule has 5 nitrogen and oxygen atoms in total. The Kier molecular flexibility index (Phi) is 4.51. The van der Waals surface area contributed by atoms with Gasteiger partial charge in [0.15, 0.2) is 5.82 Å². The largest absolute Gasteiger partial charge is 0.334 e. The van der Waals surface area contributed by atoms with Crippen LogP contribution >= 0.6 is 0 Å². The monoisotopic (exact) mass is 299 g/mol. The van der Waals surface area contributed by atoms with Gasteiger partial charge in [0.05, 0.1) is 0 Å². The number of carbonyl (C=O) groups excluding carboxylic acids is 1. The van der Waals surface area contributed by atoms with Gasteiger partial charge in [-0.05, 0) is 37.1 Å². The van der Waals surface area contributed by atoms with Crippen molar-refractivity contribution in [1.82, 2.24) is 10.1 Å². The average molecular weight is 299 g/mol. The number of aryl methyl sites for hydroxylation is 1. The third-order valence-electron chi connectivity index (χ3n) is 4.16. The Morgan fingerprint density at radius 3 is 2.59 bits per heavy atom. The highest BCUT2D eigenvalue weighted by Gasteiger charge is 2.21. The number of benzene rings is 1. The summed E-state index contributed by atoms with van der Waals surface area (Å²) in [4.78, 5) is 16.5. The van der Waals surface area contributed by atoms with Crippen LogP contribution in [0.2, 0.25) is 0 Å². The topological polar surface area (TPSA) is 68.0 Å². The molecule has 0 spiro atoms. The molecule has 5 heteroatoms. The second-order valence-corrected chi connectivity index (χ2v) is 5.77. The van der Waals surface area contributed by atoms with E-state index in [-0.39, 0.29) is 11.8 Å². The summed E-state index contributed by atoms with van der Waals surface area (Å²) < 4.78 is 5.21. The number of hydrogen-bond acceptors (Lipinski definition) is 4. The molecule has 1 aromatic heterocycles. The van der Waals surface area contributed by atoms with E-state index in [4.69, 9.17) is 4.52 Å². The Morgan fingerprint density at radius 2 is 1.95 bits per heavy atom. The quantitative estimate of drug-likeness (QED) is 0.932. The molecule has 1 amide bonds. The molecule has 1 saturated carbocycles. The average Bonchev–Trinajstić information content (AvgIpc) is 3.05. The van der Waals surface area contributed by atoms with E-state index >= 15 is 0 Å². The predicted molar refractivity (Wildman–Crippen MR) is 84.3 cm³/mol. The van der Waals surface area contributed by atoms with Crippen LogP contribution in [0, 0.1) is 5.92 Å². The zero-order valence-corrected chi connectivity index (χ0v) is 12.8. The normalized spacial score (nSPS) is 15.7. The molecule has 1 fully saturated rings. The van der Waals surface area contributed by atoms with Crippen LogP contribution in [0.25, 0.3) is 11.5 Å². The summed E-state index contributed by atoms with van der Waals surface area (Å²) in [7, 11) is 0. The fourth-order valence-electron chi connectivity index (χ4n) is 2.82. The number of aromatic nitrogens is 2. The van der Waals surface area contributed by atoms with E-state index in [1.165, 1.54) is 6.42 Å². The number of nitrogens with zero attached hydrogens (tertiary/aromatic N) is 2. The van der Waals surface area contributed by atoms with Crippen LogP contribution in [0.4, 0.5) is 5.69 Å². The lowest BCUT2D eigenvalue weighted by molar-refractivity contribution is -0.120. The fraction of sp³-hybridized carbons (Fsp3) is 0.471. The van der Waals surface area contributed by atoms with Crippen molar-refractivity contribution in [3.05, 3.63) is 30.1 Å². The molecule has 2 aromatic rings. The Balaban J connectivity index is 1.64. The van der Waals surface area contributed by atoms with Crippen LogP contribution in [0.3, 0.4) is 0 Å². The minimum absolute atomic E-state index is 0.138. The summed E-state index contributed by atoms with van der Waals surface area (Å²) in [6.07, 6.45) is 6.33. The van der Waals surface area contributed by atoms with Gasteiger partial charge < -0.3 is 9.84 Å². The first-order valence-electron chi connectivity index (χ1n) is 8.00. The Labute approximate surface area is 130 Å². The molecule has 1 aromatic carbocycles. The van der Waals surface area contributed by atoms with E-state index in [9.17, 15) is 4.79 Å². The minimum atomic E-state index is 0.138. The zero-order chi connectivity index (χ0) is 15.4. The first-order valence-corrected chi connectivity index (χ1v) is 8.00. The number of carbonyl (C=O) groups is 1. The van der Waals surface area contributed by atoms with Crippen molar-refractivity contribution in [3.63, 3.8) is 0 Å². The maximum atomic E-state index is 12.2. The molecule has 1 aliphatic carbocycles.